The Bertz CT molecular complexity index is 860. The number of carbonyl (C=O) groups is 1. The monoisotopic (exact) mass is 418 g/mol. The van der Waals surface area contributed by atoms with Crippen molar-refractivity contribution in [2.24, 2.45) is 5.41 Å². The average molecular weight is 419 g/mol. The topological polar surface area (TPSA) is 48.5 Å². The first-order valence-corrected chi connectivity index (χ1v) is 12.0. The van der Waals surface area contributed by atoms with Gasteiger partial charge in [0.15, 0.2) is 0 Å². The molecule has 5 rings (SSSR count). The highest BCUT2D eigenvalue weighted by atomic mass is 16.1. The highest BCUT2D eigenvalue weighted by Gasteiger charge is 2.39. The quantitative estimate of drug-likeness (QED) is 0.789. The van der Waals surface area contributed by atoms with E-state index < -0.39 is 0 Å². The van der Waals surface area contributed by atoms with Crippen LogP contribution in [0.5, 0.6) is 0 Å². The number of nitrogens with zero attached hydrogens (tertiary/aromatic N) is 3. The van der Waals surface area contributed by atoms with Crippen LogP contribution in [-0.2, 0) is 6.54 Å². The summed E-state index contributed by atoms with van der Waals surface area (Å²) in [6, 6.07) is 12.9. The Morgan fingerprint density at radius 2 is 1.58 bits per heavy atom. The Balaban J connectivity index is 1.11. The molecule has 2 saturated heterocycles. The van der Waals surface area contributed by atoms with E-state index in [2.05, 4.69) is 32.2 Å². The summed E-state index contributed by atoms with van der Waals surface area (Å²) in [5, 5.41) is 2.99. The normalized spacial score (nSPS) is 21.6. The molecule has 5 nitrogen and oxygen atoms in total. The van der Waals surface area contributed by atoms with Crippen LogP contribution in [0.1, 0.15) is 60.9 Å². The minimum Gasteiger partial charge on any atom is -0.371 e. The van der Waals surface area contributed by atoms with Crippen LogP contribution in [0.15, 0.2) is 48.8 Å². The van der Waals surface area contributed by atoms with Crippen LogP contribution in [0, 0.1) is 5.41 Å². The third-order valence-corrected chi connectivity index (χ3v) is 7.97. The molecule has 2 aliphatic heterocycles. The Morgan fingerprint density at radius 3 is 2.19 bits per heavy atom. The summed E-state index contributed by atoms with van der Waals surface area (Å²) in [7, 11) is 0. The zero-order valence-corrected chi connectivity index (χ0v) is 18.4. The minimum absolute atomic E-state index is 0.0285. The second-order valence-electron chi connectivity index (χ2n) is 9.69. The third kappa shape index (κ3) is 4.62. The number of pyridine rings is 1. The molecule has 3 aliphatic rings. The van der Waals surface area contributed by atoms with Crippen LogP contribution >= 0.6 is 0 Å². The van der Waals surface area contributed by atoms with Gasteiger partial charge in [-0.3, -0.25) is 9.78 Å². The highest BCUT2D eigenvalue weighted by Crippen LogP contribution is 2.43. The number of rotatable bonds is 5. The van der Waals surface area contributed by atoms with Gasteiger partial charge in [-0.15, -0.1) is 0 Å². The number of amides is 1. The molecule has 164 valence electrons. The van der Waals surface area contributed by atoms with E-state index in [9.17, 15) is 4.79 Å². The molecule has 1 saturated carbocycles. The predicted molar refractivity (Wildman–Crippen MR) is 124 cm³/mol. The maximum absolute atomic E-state index is 12.5. The first-order chi connectivity index (χ1) is 15.2. The summed E-state index contributed by atoms with van der Waals surface area (Å²) in [5.41, 5.74) is 3.59. The molecule has 3 fully saturated rings. The van der Waals surface area contributed by atoms with E-state index in [1.54, 1.807) is 12.4 Å². The number of carbonyl (C=O) groups excluding carboxylic acids is 1. The predicted octanol–water partition coefficient (Wildman–Crippen LogP) is 4.25. The number of hydrogen-bond acceptors (Lipinski definition) is 4. The van der Waals surface area contributed by atoms with E-state index in [-0.39, 0.29) is 5.91 Å². The lowest BCUT2D eigenvalue weighted by Gasteiger charge is -2.50. The van der Waals surface area contributed by atoms with Gasteiger partial charge in [0.25, 0.3) is 5.91 Å². The zero-order chi connectivity index (χ0) is 21.1. The molecule has 0 bridgehead atoms. The van der Waals surface area contributed by atoms with Crippen LogP contribution in [0.3, 0.4) is 0 Å². The molecular formula is C26H34N4O. The molecule has 1 N–H and O–H groups in total. The van der Waals surface area contributed by atoms with Crippen molar-refractivity contribution in [1.82, 2.24) is 15.2 Å². The fourth-order valence-corrected chi connectivity index (χ4v) is 5.46. The van der Waals surface area contributed by atoms with Crippen molar-refractivity contribution in [3.8, 4) is 0 Å². The molecular weight excluding hydrogens is 384 g/mol. The average Bonchev–Trinajstić information content (AvgIpc) is 2.79. The van der Waals surface area contributed by atoms with Gasteiger partial charge in [0.05, 0.1) is 0 Å². The summed E-state index contributed by atoms with van der Waals surface area (Å²) >= 11 is 0. The molecule has 0 unspecified atom stereocenters. The van der Waals surface area contributed by atoms with E-state index in [1.807, 2.05) is 24.3 Å². The smallest absolute Gasteiger partial charge is 0.251 e. The molecule has 1 aromatic carbocycles. The maximum atomic E-state index is 12.5. The van der Waals surface area contributed by atoms with Crippen LogP contribution in [-0.4, -0.2) is 48.0 Å². The molecule has 0 atom stereocenters. The van der Waals surface area contributed by atoms with E-state index in [4.69, 9.17) is 0 Å². The first kappa shape index (κ1) is 20.5. The van der Waals surface area contributed by atoms with Crippen molar-refractivity contribution in [1.29, 1.82) is 0 Å². The molecule has 1 amide bonds. The molecule has 1 spiro atoms. The van der Waals surface area contributed by atoms with Gasteiger partial charge < -0.3 is 15.1 Å². The van der Waals surface area contributed by atoms with Gasteiger partial charge in [-0.2, -0.15) is 0 Å². The number of likely N-dealkylation sites (tertiary alicyclic amines) is 1. The molecule has 3 heterocycles. The molecule has 2 aromatic rings. The van der Waals surface area contributed by atoms with Crippen molar-refractivity contribution >= 4 is 11.6 Å². The number of nitrogens with one attached hydrogen (secondary N) is 1. The van der Waals surface area contributed by atoms with Gasteiger partial charge >= 0.3 is 0 Å². The summed E-state index contributed by atoms with van der Waals surface area (Å²) in [6.07, 6.45) is 13.2. The van der Waals surface area contributed by atoms with Crippen LogP contribution in [0.4, 0.5) is 5.69 Å². The van der Waals surface area contributed by atoms with Gasteiger partial charge in [0, 0.05) is 49.3 Å². The van der Waals surface area contributed by atoms with E-state index in [0.29, 0.717) is 12.0 Å². The number of anilines is 1. The third-order valence-electron chi connectivity index (χ3n) is 7.97. The van der Waals surface area contributed by atoms with Crippen molar-refractivity contribution in [2.45, 2.75) is 57.5 Å². The Morgan fingerprint density at radius 1 is 0.935 bits per heavy atom. The second-order valence-corrected chi connectivity index (χ2v) is 9.69. The molecule has 0 radical (unpaired) electrons. The standard InChI is InChI=1S/C26H34N4O/c31-25(28-20-21-8-14-27-15-9-21)22-4-6-24(7-5-22)30-18-12-26(13-19-30)10-16-29(17-11-26)23-2-1-3-23/h4-9,14-15,23H,1-3,10-13,16-20H2,(H,28,31). The number of hydrogen-bond donors (Lipinski definition) is 1. The van der Waals surface area contributed by atoms with Gasteiger partial charge in [0.1, 0.15) is 0 Å². The van der Waals surface area contributed by atoms with Crippen molar-refractivity contribution in [2.75, 3.05) is 31.1 Å². The molecule has 1 aromatic heterocycles. The largest absolute Gasteiger partial charge is 0.371 e. The number of aromatic nitrogens is 1. The van der Waals surface area contributed by atoms with Gasteiger partial charge in [-0.05, 0) is 99.0 Å². The first-order valence-electron chi connectivity index (χ1n) is 12.0. The fraction of sp³-hybridized carbons (Fsp3) is 0.538. The van der Waals surface area contributed by atoms with Gasteiger partial charge in [0.2, 0.25) is 0 Å². The van der Waals surface area contributed by atoms with Crippen LogP contribution < -0.4 is 10.2 Å². The van der Waals surface area contributed by atoms with Crippen LogP contribution in [0.2, 0.25) is 0 Å². The SMILES string of the molecule is O=C(NCc1ccncc1)c1ccc(N2CCC3(CC2)CCN(C2CCC2)CC3)cc1. The van der Waals surface area contributed by atoms with Crippen LogP contribution in [0.25, 0.3) is 0 Å². The minimum atomic E-state index is -0.0285. The highest BCUT2D eigenvalue weighted by molar-refractivity contribution is 5.94. The van der Waals surface area contributed by atoms with Crippen molar-refractivity contribution < 1.29 is 4.79 Å². The Kier molecular flexibility index (Phi) is 5.95. The number of piperidine rings is 2. The Hall–Kier alpha value is -2.40. The van der Waals surface area contributed by atoms with Gasteiger partial charge in [-0.25, -0.2) is 0 Å². The lowest BCUT2D eigenvalue weighted by atomic mass is 9.70. The molecule has 5 heteroatoms. The fourth-order valence-electron chi connectivity index (χ4n) is 5.46. The summed E-state index contributed by atoms with van der Waals surface area (Å²) in [4.78, 5) is 21.7. The zero-order valence-electron chi connectivity index (χ0n) is 18.4. The van der Waals surface area contributed by atoms with E-state index in [1.165, 1.54) is 63.7 Å². The summed E-state index contributed by atoms with van der Waals surface area (Å²) < 4.78 is 0. The lowest BCUT2D eigenvalue weighted by molar-refractivity contribution is 0.0306. The van der Waals surface area contributed by atoms with Crippen molar-refractivity contribution in [3.05, 3.63) is 59.9 Å². The summed E-state index contributed by atoms with van der Waals surface area (Å²) in [6.45, 7) is 5.42. The molecule has 1 aliphatic carbocycles. The summed E-state index contributed by atoms with van der Waals surface area (Å²) in [5.74, 6) is -0.0285. The van der Waals surface area contributed by atoms with E-state index in [0.717, 1.165) is 30.3 Å². The number of benzene rings is 1. The lowest BCUT2D eigenvalue weighted by Crippen LogP contribution is -2.50. The Labute approximate surface area is 185 Å². The second kappa shape index (κ2) is 8.99. The van der Waals surface area contributed by atoms with E-state index >= 15 is 0 Å². The molecule has 31 heavy (non-hydrogen) atoms. The van der Waals surface area contributed by atoms with Gasteiger partial charge in [-0.1, -0.05) is 6.42 Å². The maximum Gasteiger partial charge on any atom is 0.251 e. The van der Waals surface area contributed by atoms with Crippen molar-refractivity contribution in [3.63, 3.8) is 0 Å².